The van der Waals surface area contributed by atoms with Crippen molar-refractivity contribution in [1.82, 2.24) is 10.6 Å². The maximum atomic E-state index is 12.3. The summed E-state index contributed by atoms with van der Waals surface area (Å²) in [4.78, 5) is 35.2. The molecule has 1 aliphatic rings. The second-order valence-corrected chi connectivity index (χ2v) is 7.62. The van der Waals surface area contributed by atoms with Crippen LogP contribution >= 0.6 is 0 Å². The standard InChI is InChI=1S/C24H28N2O6/c1-3-31-16(12-22(27)26-15(2)23(28)29)13-25-24(30)32-14-21-19-10-6-4-8-17(19)18-9-5-7-11-20(18)21/h4-11,15-16,21H,3,12-14H2,1-2H3,(H,25,30)(H,26,27)(H,28,29)/t15-,16?/m1/s1. The molecule has 0 saturated carbocycles. The molecule has 0 bridgehead atoms. The number of carboxylic acids is 1. The maximum absolute atomic E-state index is 12.3. The third kappa shape index (κ3) is 5.64. The summed E-state index contributed by atoms with van der Waals surface area (Å²) >= 11 is 0. The normalized spacial score (nSPS) is 14.1. The van der Waals surface area contributed by atoms with Gasteiger partial charge in [-0.1, -0.05) is 48.5 Å². The molecule has 3 rings (SSSR count). The summed E-state index contributed by atoms with van der Waals surface area (Å²) in [6.45, 7) is 3.76. The van der Waals surface area contributed by atoms with Crippen LogP contribution in [0.3, 0.4) is 0 Å². The molecule has 8 nitrogen and oxygen atoms in total. The van der Waals surface area contributed by atoms with E-state index < -0.39 is 30.1 Å². The molecule has 1 unspecified atom stereocenters. The highest BCUT2D eigenvalue weighted by Gasteiger charge is 2.29. The van der Waals surface area contributed by atoms with Gasteiger partial charge in [0, 0.05) is 19.1 Å². The smallest absolute Gasteiger partial charge is 0.407 e. The van der Waals surface area contributed by atoms with Crippen LogP contribution in [0.1, 0.15) is 37.3 Å². The van der Waals surface area contributed by atoms with Gasteiger partial charge in [0.25, 0.3) is 0 Å². The highest BCUT2D eigenvalue weighted by Crippen LogP contribution is 2.44. The van der Waals surface area contributed by atoms with Crippen LogP contribution in [0.2, 0.25) is 0 Å². The lowest BCUT2D eigenvalue weighted by atomic mass is 9.98. The molecule has 8 heteroatoms. The first-order valence-electron chi connectivity index (χ1n) is 10.6. The topological polar surface area (TPSA) is 114 Å². The molecule has 2 aromatic carbocycles. The van der Waals surface area contributed by atoms with E-state index in [9.17, 15) is 14.4 Å². The van der Waals surface area contributed by atoms with Gasteiger partial charge >= 0.3 is 12.1 Å². The Balaban J connectivity index is 1.53. The number of carbonyl (C=O) groups is 3. The molecular formula is C24H28N2O6. The lowest BCUT2D eigenvalue weighted by Crippen LogP contribution is -2.42. The van der Waals surface area contributed by atoms with Gasteiger partial charge in [-0.15, -0.1) is 0 Å². The van der Waals surface area contributed by atoms with E-state index >= 15 is 0 Å². The minimum Gasteiger partial charge on any atom is -0.480 e. The first-order valence-corrected chi connectivity index (χ1v) is 10.6. The Labute approximate surface area is 186 Å². The zero-order chi connectivity index (χ0) is 23.1. The Morgan fingerprint density at radius 2 is 1.62 bits per heavy atom. The molecule has 170 valence electrons. The van der Waals surface area contributed by atoms with Crippen molar-refractivity contribution in [1.29, 1.82) is 0 Å². The molecule has 0 saturated heterocycles. The predicted molar refractivity (Wildman–Crippen MR) is 118 cm³/mol. The minimum absolute atomic E-state index is 0.0425. The molecule has 0 aliphatic heterocycles. The van der Waals surface area contributed by atoms with Crippen LogP contribution in [-0.4, -0.2) is 55.0 Å². The lowest BCUT2D eigenvalue weighted by molar-refractivity contribution is -0.141. The van der Waals surface area contributed by atoms with Crippen molar-refractivity contribution in [3.8, 4) is 11.1 Å². The zero-order valence-electron chi connectivity index (χ0n) is 18.2. The van der Waals surface area contributed by atoms with Gasteiger partial charge in [0.1, 0.15) is 12.6 Å². The number of benzene rings is 2. The van der Waals surface area contributed by atoms with E-state index in [2.05, 4.69) is 22.8 Å². The second kappa shape index (κ2) is 10.8. The summed E-state index contributed by atoms with van der Waals surface area (Å²) < 4.78 is 11.0. The average Bonchev–Trinajstić information content (AvgIpc) is 3.10. The molecular weight excluding hydrogens is 412 g/mol. The van der Waals surface area contributed by atoms with Crippen molar-refractivity contribution in [3.05, 3.63) is 59.7 Å². The van der Waals surface area contributed by atoms with Crippen molar-refractivity contribution in [3.63, 3.8) is 0 Å². The first kappa shape index (κ1) is 23.3. The molecule has 0 spiro atoms. The van der Waals surface area contributed by atoms with Crippen LogP contribution in [0, 0.1) is 0 Å². The van der Waals surface area contributed by atoms with Gasteiger partial charge < -0.3 is 25.2 Å². The van der Waals surface area contributed by atoms with E-state index in [-0.39, 0.29) is 25.5 Å². The SMILES string of the molecule is CCOC(CNC(=O)OCC1c2ccccc2-c2ccccc21)CC(=O)N[C@H](C)C(=O)O. The highest BCUT2D eigenvalue weighted by molar-refractivity contribution is 5.83. The maximum Gasteiger partial charge on any atom is 0.407 e. The average molecular weight is 440 g/mol. The quantitative estimate of drug-likeness (QED) is 0.524. The van der Waals surface area contributed by atoms with Crippen LogP contribution in [0.15, 0.2) is 48.5 Å². The summed E-state index contributed by atoms with van der Waals surface area (Å²) in [5.74, 6) is -1.63. The lowest BCUT2D eigenvalue weighted by Gasteiger charge is -2.19. The van der Waals surface area contributed by atoms with E-state index in [1.165, 1.54) is 6.92 Å². The Morgan fingerprint density at radius 3 is 2.19 bits per heavy atom. The van der Waals surface area contributed by atoms with Crippen LogP contribution in [-0.2, 0) is 19.1 Å². The fraction of sp³-hybridized carbons (Fsp3) is 0.375. The third-order valence-electron chi connectivity index (χ3n) is 5.38. The molecule has 0 radical (unpaired) electrons. The summed E-state index contributed by atoms with van der Waals surface area (Å²) in [5.41, 5.74) is 4.54. The molecule has 0 fully saturated rings. The molecule has 1 aliphatic carbocycles. The molecule has 2 aromatic rings. The first-order chi connectivity index (χ1) is 15.4. The summed E-state index contributed by atoms with van der Waals surface area (Å²) in [6, 6.07) is 15.2. The Kier molecular flexibility index (Phi) is 7.83. The van der Waals surface area contributed by atoms with E-state index in [1.807, 2.05) is 36.4 Å². The third-order valence-corrected chi connectivity index (χ3v) is 5.38. The fourth-order valence-electron chi connectivity index (χ4n) is 3.84. The molecule has 3 N–H and O–H groups in total. The van der Waals surface area contributed by atoms with E-state index in [4.69, 9.17) is 14.6 Å². The largest absolute Gasteiger partial charge is 0.480 e. The van der Waals surface area contributed by atoms with Crippen molar-refractivity contribution >= 4 is 18.0 Å². The number of hydrogen-bond donors (Lipinski definition) is 3. The van der Waals surface area contributed by atoms with Crippen molar-refractivity contribution in [2.45, 2.75) is 38.3 Å². The van der Waals surface area contributed by atoms with Gasteiger partial charge in [0.15, 0.2) is 0 Å². The zero-order valence-corrected chi connectivity index (χ0v) is 18.2. The Bertz CT molecular complexity index is 931. The van der Waals surface area contributed by atoms with Gasteiger partial charge in [-0.2, -0.15) is 0 Å². The van der Waals surface area contributed by atoms with E-state index in [0.29, 0.717) is 6.61 Å². The minimum atomic E-state index is -1.12. The molecule has 2 amide bonds. The van der Waals surface area contributed by atoms with Gasteiger partial charge in [0.05, 0.1) is 12.5 Å². The number of hydrogen-bond acceptors (Lipinski definition) is 5. The summed E-state index contributed by atoms with van der Waals surface area (Å²) in [6.07, 6.45) is -1.27. The van der Waals surface area contributed by atoms with Gasteiger partial charge in [-0.25, -0.2) is 4.79 Å². The van der Waals surface area contributed by atoms with Crippen LogP contribution in [0.25, 0.3) is 11.1 Å². The van der Waals surface area contributed by atoms with Crippen LogP contribution < -0.4 is 10.6 Å². The molecule has 32 heavy (non-hydrogen) atoms. The monoisotopic (exact) mass is 440 g/mol. The number of fused-ring (bicyclic) bond motifs is 3. The van der Waals surface area contributed by atoms with Gasteiger partial charge in [0.2, 0.25) is 5.91 Å². The van der Waals surface area contributed by atoms with Crippen LogP contribution in [0.4, 0.5) is 4.79 Å². The highest BCUT2D eigenvalue weighted by atomic mass is 16.5. The van der Waals surface area contributed by atoms with E-state index in [1.54, 1.807) is 6.92 Å². The predicted octanol–water partition coefficient (Wildman–Crippen LogP) is 2.91. The number of alkyl carbamates (subject to hydrolysis) is 1. The Morgan fingerprint density at radius 1 is 1.03 bits per heavy atom. The number of carbonyl (C=O) groups excluding carboxylic acids is 2. The van der Waals surface area contributed by atoms with E-state index in [0.717, 1.165) is 22.3 Å². The number of carboxylic acid groups (broad SMARTS) is 1. The molecule has 0 aromatic heterocycles. The number of rotatable bonds is 10. The fourth-order valence-corrected chi connectivity index (χ4v) is 3.84. The number of aliphatic carboxylic acids is 1. The summed E-state index contributed by atoms with van der Waals surface area (Å²) in [7, 11) is 0. The van der Waals surface area contributed by atoms with Gasteiger partial charge in [-0.05, 0) is 36.1 Å². The molecule has 0 heterocycles. The summed E-state index contributed by atoms with van der Waals surface area (Å²) in [5, 5.41) is 13.9. The van der Waals surface area contributed by atoms with Crippen molar-refractivity contribution < 1.29 is 29.0 Å². The number of nitrogens with one attached hydrogen (secondary N) is 2. The van der Waals surface area contributed by atoms with Crippen molar-refractivity contribution in [2.75, 3.05) is 19.8 Å². The number of ether oxygens (including phenoxy) is 2. The number of amides is 2. The second-order valence-electron chi connectivity index (χ2n) is 7.62. The molecule has 2 atom stereocenters. The van der Waals surface area contributed by atoms with Gasteiger partial charge in [-0.3, -0.25) is 9.59 Å². The van der Waals surface area contributed by atoms with Crippen LogP contribution in [0.5, 0.6) is 0 Å². The van der Waals surface area contributed by atoms with Crippen molar-refractivity contribution in [2.24, 2.45) is 0 Å². The Hall–Kier alpha value is -3.39.